The minimum atomic E-state index is -0.401. The fourth-order valence-corrected chi connectivity index (χ4v) is 4.45. The van der Waals surface area contributed by atoms with Crippen molar-refractivity contribution in [1.29, 1.82) is 0 Å². The standard InChI is InChI=1S/C30H29FN4O3/c1-2-19-6-10-22(11-7-19)29(37)33-24-14-15-28(36)25(16-24)26-17-27(21-4-3-5-21)35(34-26)30(38)32-18-20-8-12-23(31)13-9-20/h6-17,21,36H,2-5,18H2,1H3,(H,32,38)(H,33,37). The van der Waals surface area contributed by atoms with E-state index in [-0.39, 0.29) is 29.9 Å². The van der Waals surface area contributed by atoms with Gasteiger partial charge < -0.3 is 15.7 Å². The second-order valence-electron chi connectivity index (χ2n) is 9.52. The molecule has 0 spiro atoms. The summed E-state index contributed by atoms with van der Waals surface area (Å²) in [5, 5.41) is 20.9. The number of benzene rings is 3. The zero-order valence-electron chi connectivity index (χ0n) is 21.1. The Morgan fingerprint density at radius 1 is 1.00 bits per heavy atom. The quantitative estimate of drug-likeness (QED) is 0.256. The molecule has 0 saturated heterocycles. The summed E-state index contributed by atoms with van der Waals surface area (Å²) >= 11 is 0. The molecule has 4 aromatic rings. The zero-order valence-corrected chi connectivity index (χ0v) is 21.1. The summed E-state index contributed by atoms with van der Waals surface area (Å²) in [5.41, 5.74) is 4.57. The Morgan fingerprint density at radius 3 is 2.37 bits per heavy atom. The number of rotatable bonds is 7. The zero-order chi connectivity index (χ0) is 26.6. The molecule has 7 nitrogen and oxygen atoms in total. The molecule has 1 aliphatic carbocycles. The predicted octanol–water partition coefficient (Wildman–Crippen LogP) is 6.23. The molecular formula is C30H29FN4O3. The van der Waals surface area contributed by atoms with Crippen molar-refractivity contribution in [2.24, 2.45) is 0 Å². The number of carbonyl (C=O) groups is 2. The van der Waals surface area contributed by atoms with Crippen molar-refractivity contribution in [3.05, 3.63) is 101 Å². The average Bonchev–Trinajstić information content (AvgIpc) is 3.32. The monoisotopic (exact) mass is 512 g/mol. The van der Waals surface area contributed by atoms with Crippen LogP contribution in [0.15, 0.2) is 72.8 Å². The van der Waals surface area contributed by atoms with Crippen molar-refractivity contribution in [1.82, 2.24) is 15.1 Å². The maximum absolute atomic E-state index is 13.2. The Bertz CT molecular complexity index is 1460. The Balaban J connectivity index is 1.38. The fraction of sp³-hybridized carbons (Fsp3) is 0.233. The third-order valence-electron chi connectivity index (χ3n) is 6.96. The number of aromatic nitrogens is 2. The van der Waals surface area contributed by atoms with E-state index in [9.17, 15) is 19.1 Å². The molecule has 3 aromatic carbocycles. The van der Waals surface area contributed by atoms with Gasteiger partial charge in [-0.3, -0.25) is 4.79 Å². The van der Waals surface area contributed by atoms with E-state index in [1.165, 1.54) is 22.9 Å². The molecule has 1 fully saturated rings. The highest BCUT2D eigenvalue weighted by molar-refractivity contribution is 6.04. The van der Waals surface area contributed by atoms with E-state index in [0.29, 0.717) is 22.5 Å². The third kappa shape index (κ3) is 5.44. The molecule has 1 aromatic heterocycles. The molecule has 3 N–H and O–H groups in total. The number of anilines is 1. The lowest BCUT2D eigenvalue weighted by Gasteiger charge is -2.25. The molecule has 194 valence electrons. The van der Waals surface area contributed by atoms with Crippen LogP contribution in [0.4, 0.5) is 14.9 Å². The molecule has 0 bridgehead atoms. The van der Waals surface area contributed by atoms with Crippen molar-refractivity contribution in [2.75, 3.05) is 5.32 Å². The fourth-order valence-electron chi connectivity index (χ4n) is 4.45. The highest BCUT2D eigenvalue weighted by Gasteiger charge is 2.27. The lowest BCUT2D eigenvalue weighted by molar-refractivity contribution is 0.102. The minimum Gasteiger partial charge on any atom is -0.507 e. The second-order valence-corrected chi connectivity index (χ2v) is 9.52. The van der Waals surface area contributed by atoms with Gasteiger partial charge in [0.1, 0.15) is 11.6 Å². The van der Waals surface area contributed by atoms with Gasteiger partial charge in [0.25, 0.3) is 5.91 Å². The van der Waals surface area contributed by atoms with E-state index in [1.54, 1.807) is 36.4 Å². The van der Waals surface area contributed by atoms with Crippen LogP contribution in [-0.4, -0.2) is 26.8 Å². The van der Waals surface area contributed by atoms with Crippen molar-refractivity contribution < 1.29 is 19.1 Å². The van der Waals surface area contributed by atoms with Gasteiger partial charge in [0.2, 0.25) is 0 Å². The van der Waals surface area contributed by atoms with E-state index >= 15 is 0 Å². The third-order valence-corrected chi connectivity index (χ3v) is 6.96. The van der Waals surface area contributed by atoms with Gasteiger partial charge in [-0.05, 0) is 78.9 Å². The van der Waals surface area contributed by atoms with Crippen LogP contribution < -0.4 is 10.6 Å². The number of carbonyl (C=O) groups excluding carboxylic acids is 2. The summed E-state index contributed by atoms with van der Waals surface area (Å²) in [7, 11) is 0. The molecule has 38 heavy (non-hydrogen) atoms. The van der Waals surface area contributed by atoms with Gasteiger partial charge in [-0.1, -0.05) is 37.6 Å². The van der Waals surface area contributed by atoms with Crippen LogP contribution in [-0.2, 0) is 13.0 Å². The first-order valence-corrected chi connectivity index (χ1v) is 12.8. The topological polar surface area (TPSA) is 96.2 Å². The Morgan fingerprint density at radius 2 is 1.71 bits per heavy atom. The highest BCUT2D eigenvalue weighted by Crippen LogP contribution is 2.39. The van der Waals surface area contributed by atoms with E-state index in [2.05, 4.69) is 22.7 Å². The number of aryl methyl sites for hydroxylation is 1. The first-order chi connectivity index (χ1) is 18.4. The number of phenolic OH excluding ortho intramolecular Hbond substituents is 1. The molecular weight excluding hydrogens is 483 g/mol. The Labute approximate surface area is 220 Å². The van der Waals surface area contributed by atoms with E-state index in [1.807, 2.05) is 18.2 Å². The number of aromatic hydroxyl groups is 1. The van der Waals surface area contributed by atoms with Crippen LogP contribution in [0.25, 0.3) is 11.3 Å². The number of amides is 2. The van der Waals surface area contributed by atoms with Crippen LogP contribution in [0.5, 0.6) is 5.75 Å². The van der Waals surface area contributed by atoms with Gasteiger partial charge >= 0.3 is 6.03 Å². The van der Waals surface area contributed by atoms with Gasteiger partial charge in [-0.25, -0.2) is 9.18 Å². The molecule has 0 unspecified atom stereocenters. The Hall–Kier alpha value is -4.46. The first kappa shape index (κ1) is 25.2. The summed E-state index contributed by atoms with van der Waals surface area (Å²) in [5.74, 6) is -0.405. The molecule has 0 atom stereocenters. The Kier molecular flexibility index (Phi) is 7.22. The van der Waals surface area contributed by atoms with Gasteiger partial charge in [0.15, 0.2) is 0 Å². The SMILES string of the molecule is CCc1ccc(C(=O)Nc2ccc(O)c(-c3cc(C4CCC4)n(C(=O)NCc4ccc(F)cc4)n3)c2)cc1. The van der Waals surface area contributed by atoms with Crippen LogP contribution in [0.1, 0.15) is 59.3 Å². The summed E-state index contributed by atoms with van der Waals surface area (Å²) in [6, 6.07) is 19.6. The summed E-state index contributed by atoms with van der Waals surface area (Å²) < 4.78 is 14.6. The van der Waals surface area contributed by atoms with Gasteiger partial charge in [0, 0.05) is 29.3 Å². The molecule has 2 amide bonds. The number of halogens is 1. The number of hydrogen-bond acceptors (Lipinski definition) is 4. The van der Waals surface area contributed by atoms with E-state index in [0.717, 1.165) is 42.5 Å². The van der Waals surface area contributed by atoms with Crippen LogP contribution in [0.3, 0.4) is 0 Å². The molecule has 1 saturated carbocycles. The van der Waals surface area contributed by atoms with Gasteiger partial charge in [0.05, 0.1) is 11.4 Å². The van der Waals surface area contributed by atoms with E-state index < -0.39 is 6.03 Å². The van der Waals surface area contributed by atoms with Crippen LogP contribution in [0, 0.1) is 5.82 Å². The first-order valence-electron chi connectivity index (χ1n) is 12.8. The molecule has 1 aliphatic rings. The molecule has 0 radical (unpaired) electrons. The predicted molar refractivity (Wildman–Crippen MR) is 144 cm³/mol. The van der Waals surface area contributed by atoms with Crippen molar-refractivity contribution >= 4 is 17.6 Å². The van der Waals surface area contributed by atoms with Crippen LogP contribution in [0.2, 0.25) is 0 Å². The second kappa shape index (κ2) is 10.9. The van der Waals surface area contributed by atoms with Crippen LogP contribution >= 0.6 is 0 Å². The average molecular weight is 513 g/mol. The lowest BCUT2D eigenvalue weighted by atomic mass is 9.82. The maximum atomic E-state index is 13.2. The molecule has 5 rings (SSSR count). The van der Waals surface area contributed by atoms with Gasteiger partial charge in [-0.15, -0.1) is 0 Å². The largest absolute Gasteiger partial charge is 0.507 e. The maximum Gasteiger partial charge on any atom is 0.342 e. The van der Waals surface area contributed by atoms with Crippen molar-refractivity contribution in [3.63, 3.8) is 0 Å². The van der Waals surface area contributed by atoms with E-state index in [4.69, 9.17) is 0 Å². The van der Waals surface area contributed by atoms with Crippen molar-refractivity contribution in [3.8, 4) is 17.0 Å². The molecule has 0 aliphatic heterocycles. The minimum absolute atomic E-state index is 0.00757. The van der Waals surface area contributed by atoms with Crippen molar-refractivity contribution in [2.45, 2.75) is 45.1 Å². The smallest absolute Gasteiger partial charge is 0.342 e. The lowest BCUT2D eigenvalue weighted by Crippen LogP contribution is -2.31. The number of nitrogens with zero attached hydrogens (tertiary/aromatic N) is 2. The summed E-state index contributed by atoms with van der Waals surface area (Å²) in [6.45, 7) is 2.28. The van der Waals surface area contributed by atoms with Gasteiger partial charge in [-0.2, -0.15) is 9.78 Å². The number of nitrogens with one attached hydrogen (secondary N) is 2. The summed E-state index contributed by atoms with van der Waals surface area (Å²) in [6.07, 6.45) is 3.88. The molecule has 1 heterocycles. The number of phenols is 1. The normalized spacial score (nSPS) is 13.1. The summed E-state index contributed by atoms with van der Waals surface area (Å²) in [4.78, 5) is 25.9. The molecule has 8 heteroatoms. The number of hydrogen-bond donors (Lipinski definition) is 3. The highest BCUT2D eigenvalue weighted by atomic mass is 19.1.